The van der Waals surface area contributed by atoms with Gasteiger partial charge >= 0.3 is 0 Å². The highest BCUT2D eigenvalue weighted by atomic mass is 16.5. The molecular weight excluding hydrogens is 789 g/mol. The Balaban J connectivity index is 1.43. The Morgan fingerprint density at radius 2 is 0.581 bits per heavy atom. The Morgan fingerprint density at radius 1 is 0.339 bits per heavy atom. The first-order valence-corrected chi connectivity index (χ1v) is 19.5. The summed E-state index contributed by atoms with van der Waals surface area (Å²) in [5.41, 5.74) is 2.83. The SMILES string of the molecule is Cc1ncccc1Oc1cc2c3c(cc(Oc4cccnc4C)c4c5c(Oc6cccnc6C)cc6c7c(cc(Oc8cccnc8C)c(c1c34)c75)C(=O)NC6=O)C(=O)NC2=O. The second-order valence-corrected chi connectivity index (χ2v) is 15.0. The number of benzene rings is 5. The van der Waals surface area contributed by atoms with Crippen LogP contribution in [-0.2, 0) is 0 Å². The maximum atomic E-state index is 14.1. The Bertz CT molecular complexity index is 3060. The molecule has 0 saturated heterocycles. The maximum absolute atomic E-state index is 14.1. The number of hydrogen-bond acceptors (Lipinski definition) is 12. The van der Waals surface area contributed by atoms with Crippen molar-refractivity contribution in [2.45, 2.75) is 27.7 Å². The third-order valence-electron chi connectivity index (χ3n) is 11.3. The molecule has 2 aliphatic heterocycles. The number of rotatable bonds is 8. The molecule has 0 aliphatic carbocycles. The first kappa shape index (κ1) is 36.6. The molecule has 0 bridgehead atoms. The van der Waals surface area contributed by atoms with Gasteiger partial charge in [-0.15, -0.1) is 0 Å². The van der Waals surface area contributed by atoms with E-state index < -0.39 is 23.6 Å². The standard InChI is InChI=1S/C48H30N6O8/c1-21-29(9-5-13-49-21)59-33-17-25-37-26(46(56)53-45(25)55)19-35(61-31-11-7-15-51-23(31)3)41-42-36(62-32-12-8-16-52-24(32)4)20-28-38-27(47(57)54-48(28)58)18-34(40(44(38)42)39(33)43(37)41)60-30-10-6-14-50-22(30)2/h5-20H,1-4H3,(H,53,55,56)(H,54,57,58). The minimum Gasteiger partial charge on any atom is -0.455 e. The predicted molar refractivity (Wildman–Crippen MR) is 227 cm³/mol. The van der Waals surface area contributed by atoms with Crippen molar-refractivity contribution in [3.63, 3.8) is 0 Å². The number of pyridine rings is 4. The van der Waals surface area contributed by atoms with Crippen LogP contribution in [-0.4, -0.2) is 43.6 Å². The second-order valence-electron chi connectivity index (χ2n) is 15.0. The van der Waals surface area contributed by atoms with E-state index in [0.29, 0.717) is 88.9 Å². The smallest absolute Gasteiger partial charge is 0.258 e. The van der Waals surface area contributed by atoms with Crippen molar-refractivity contribution in [3.8, 4) is 46.0 Å². The van der Waals surface area contributed by atoms with Crippen molar-refractivity contribution in [3.05, 3.63) is 143 Å². The number of carbonyl (C=O) groups excluding carboxylic acids is 4. The van der Waals surface area contributed by atoms with E-state index in [1.165, 1.54) is 0 Å². The number of fused-ring (bicyclic) bond motifs is 2. The number of amides is 4. The summed E-state index contributed by atoms with van der Waals surface area (Å²) in [6.45, 7) is 7.16. The fraction of sp³-hybridized carbons (Fsp3) is 0.0833. The third-order valence-corrected chi connectivity index (χ3v) is 11.3. The van der Waals surface area contributed by atoms with Gasteiger partial charge in [0, 0.05) is 67.9 Å². The molecule has 0 atom stereocenters. The second kappa shape index (κ2) is 13.5. The van der Waals surface area contributed by atoms with E-state index in [1.54, 1.807) is 125 Å². The van der Waals surface area contributed by atoms with Gasteiger partial charge in [0.15, 0.2) is 0 Å². The van der Waals surface area contributed by atoms with Gasteiger partial charge in [-0.05, 0) is 100 Å². The van der Waals surface area contributed by atoms with Gasteiger partial charge in [-0.2, -0.15) is 0 Å². The Labute approximate surface area is 350 Å². The highest BCUT2D eigenvalue weighted by Crippen LogP contribution is 2.57. The lowest BCUT2D eigenvalue weighted by atomic mass is 9.81. The number of carbonyl (C=O) groups is 4. The average molecular weight is 819 g/mol. The number of aromatic nitrogens is 4. The first-order chi connectivity index (χ1) is 30.0. The van der Waals surface area contributed by atoms with E-state index in [9.17, 15) is 19.2 Å². The van der Waals surface area contributed by atoms with Gasteiger partial charge in [0.1, 0.15) is 46.0 Å². The van der Waals surface area contributed by atoms with Crippen molar-refractivity contribution in [2.75, 3.05) is 0 Å². The van der Waals surface area contributed by atoms with Gasteiger partial charge in [0.2, 0.25) is 0 Å². The molecule has 14 nitrogen and oxygen atoms in total. The van der Waals surface area contributed by atoms with Crippen molar-refractivity contribution in [1.82, 2.24) is 30.6 Å². The normalized spacial score (nSPS) is 13.2. The zero-order valence-electron chi connectivity index (χ0n) is 33.3. The van der Waals surface area contributed by atoms with Crippen LogP contribution >= 0.6 is 0 Å². The summed E-state index contributed by atoms with van der Waals surface area (Å²) in [5.74, 6) is -0.309. The largest absolute Gasteiger partial charge is 0.455 e. The Kier molecular flexibility index (Phi) is 7.96. The van der Waals surface area contributed by atoms with Crippen LogP contribution in [0.5, 0.6) is 46.0 Å². The van der Waals surface area contributed by atoms with Crippen molar-refractivity contribution in [2.24, 2.45) is 0 Å². The third kappa shape index (κ3) is 5.43. The summed E-state index contributed by atoms with van der Waals surface area (Å²) in [7, 11) is 0. The maximum Gasteiger partial charge on any atom is 0.258 e. The molecule has 0 radical (unpaired) electrons. The number of aryl methyl sites for hydroxylation is 4. The molecule has 300 valence electrons. The highest BCUT2D eigenvalue weighted by molar-refractivity contribution is 6.44. The van der Waals surface area contributed by atoms with Crippen LogP contribution in [0.25, 0.3) is 43.1 Å². The Hall–Kier alpha value is -8.52. The summed E-state index contributed by atoms with van der Waals surface area (Å²) < 4.78 is 27.3. The van der Waals surface area contributed by atoms with Gasteiger partial charge in [0.05, 0.1) is 45.0 Å². The predicted octanol–water partition coefficient (Wildman–Crippen LogP) is 9.49. The number of nitrogens with zero attached hydrogens (tertiary/aromatic N) is 4. The molecule has 6 heterocycles. The summed E-state index contributed by atoms with van der Waals surface area (Å²) in [6, 6.07) is 20.2. The number of ether oxygens (including phenoxy) is 4. The van der Waals surface area contributed by atoms with Crippen LogP contribution in [0.4, 0.5) is 0 Å². The van der Waals surface area contributed by atoms with E-state index in [0.717, 1.165) is 0 Å². The minimum absolute atomic E-state index is 0.153. The first-order valence-electron chi connectivity index (χ1n) is 19.5. The fourth-order valence-electron chi connectivity index (χ4n) is 8.46. The lowest BCUT2D eigenvalue weighted by molar-refractivity contribution is 0.0828. The van der Waals surface area contributed by atoms with E-state index in [2.05, 4.69) is 30.6 Å². The molecule has 11 rings (SSSR count). The molecule has 0 fully saturated rings. The zero-order chi connectivity index (χ0) is 42.6. The van der Waals surface area contributed by atoms with Gasteiger partial charge in [0.25, 0.3) is 23.6 Å². The van der Waals surface area contributed by atoms with E-state index in [4.69, 9.17) is 18.9 Å². The van der Waals surface area contributed by atoms with Crippen molar-refractivity contribution >= 4 is 66.7 Å². The van der Waals surface area contributed by atoms with E-state index in [1.807, 2.05) is 0 Å². The summed E-state index contributed by atoms with van der Waals surface area (Å²) in [5, 5.41) is 7.93. The molecule has 2 aliphatic rings. The number of hydrogen-bond donors (Lipinski definition) is 2. The Morgan fingerprint density at radius 3 is 0.806 bits per heavy atom. The molecule has 5 aromatic carbocycles. The molecule has 0 spiro atoms. The van der Waals surface area contributed by atoms with Crippen LogP contribution in [0.15, 0.2) is 97.6 Å². The monoisotopic (exact) mass is 818 g/mol. The minimum atomic E-state index is -0.646. The van der Waals surface area contributed by atoms with Gasteiger partial charge in [-0.1, -0.05) is 0 Å². The molecule has 2 N–H and O–H groups in total. The van der Waals surface area contributed by atoms with Gasteiger partial charge in [-0.25, -0.2) is 0 Å². The van der Waals surface area contributed by atoms with Crippen LogP contribution in [0.2, 0.25) is 0 Å². The molecule has 62 heavy (non-hydrogen) atoms. The van der Waals surface area contributed by atoms with E-state index in [-0.39, 0.29) is 45.3 Å². The lowest BCUT2D eigenvalue weighted by Crippen LogP contribution is -2.35. The van der Waals surface area contributed by atoms with Crippen molar-refractivity contribution < 1.29 is 38.1 Å². The molecule has 4 aromatic heterocycles. The van der Waals surface area contributed by atoms with Crippen LogP contribution < -0.4 is 29.6 Å². The summed E-state index contributed by atoms with van der Waals surface area (Å²) >= 11 is 0. The average Bonchev–Trinajstić information content (AvgIpc) is 3.25. The lowest BCUT2D eigenvalue weighted by Gasteiger charge is -2.28. The molecule has 0 unspecified atom stereocenters. The summed E-state index contributed by atoms with van der Waals surface area (Å²) in [4.78, 5) is 74.0. The molecule has 0 saturated carbocycles. The highest BCUT2D eigenvalue weighted by Gasteiger charge is 2.37. The van der Waals surface area contributed by atoms with Crippen LogP contribution in [0.1, 0.15) is 64.2 Å². The zero-order valence-corrected chi connectivity index (χ0v) is 33.3. The summed E-state index contributed by atoms with van der Waals surface area (Å²) in [6.07, 6.45) is 6.55. The fourth-order valence-corrected chi connectivity index (χ4v) is 8.46. The topological polar surface area (TPSA) is 181 Å². The van der Waals surface area contributed by atoms with Crippen LogP contribution in [0.3, 0.4) is 0 Å². The number of imide groups is 2. The number of nitrogens with one attached hydrogen (secondary N) is 2. The molecular formula is C48H30N6O8. The van der Waals surface area contributed by atoms with Gasteiger partial charge in [-0.3, -0.25) is 49.7 Å². The van der Waals surface area contributed by atoms with E-state index >= 15 is 0 Å². The quantitative estimate of drug-likeness (QED) is 0.0843. The van der Waals surface area contributed by atoms with Crippen LogP contribution in [0, 0.1) is 27.7 Å². The molecule has 9 aromatic rings. The molecule has 4 amide bonds. The van der Waals surface area contributed by atoms with Crippen molar-refractivity contribution in [1.29, 1.82) is 0 Å². The van der Waals surface area contributed by atoms with Gasteiger partial charge < -0.3 is 18.9 Å². The molecule has 14 heteroatoms.